The van der Waals surface area contributed by atoms with Gasteiger partial charge >= 0.3 is 6.03 Å². The van der Waals surface area contributed by atoms with Crippen LogP contribution in [-0.4, -0.2) is 48.4 Å². The molecule has 0 bridgehead atoms. The standard InChI is InChI=1S/C22H32FN3O4/c23-16-7-4-8-17(11-16)25-22(29)26-19-10-9-18(30-20(19)14-27)12-21(28)24-13-15-5-2-1-3-6-15/h4,7-8,11,15,18-20,27H,1-3,5-6,9-10,12-14H2,(H,24,28)(H2,25,26,29)/t18-,19+,20-/m1/s1. The van der Waals surface area contributed by atoms with Crippen LogP contribution in [0, 0.1) is 11.7 Å². The molecule has 3 atom stereocenters. The number of urea groups is 1. The maximum absolute atomic E-state index is 13.2. The Labute approximate surface area is 176 Å². The second-order valence-corrected chi connectivity index (χ2v) is 8.28. The lowest BCUT2D eigenvalue weighted by Gasteiger charge is -2.36. The van der Waals surface area contributed by atoms with Crippen molar-refractivity contribution in [2.45, 2.75) is 69.6 Å². The molecule has 1 aliphatic carbocycles. The van der Waals surface area contributed by atoms with Crippen molar-refractivity contribution >= 4 is 17.6 Å². The molecule has 0 radical (unpaired) electrons. The molecule has 2 fully saturated rings. The van der Waals surface area contributed by atoms with Crippen LogP contribution < -0.4 is 16.0 Å². The number of halogens is 1. The van der Waals surface area contributed by atoms with E-state index >= 15 is 0 Å². The van der Waals surface area contributed by atoms with Gasteiger partial charge in [-0.3, -0.25) is 4.79 Å². The highest BCUT2D eigenvalue weighted by Crippen LogP contribution is 2.24. The van der Waals surface area contributed by atoms with Gasteiger partial charge in [0, 0.05) is 12.2 Å². The molecule has 166 valence electrons. The molecule has 1 aliphatic heterocycles. The van der Waals surface area contributed by atoms with Crippen LogP contribution >= 0.6 is 0 Å². The van der Waals surface area contributed by atoms with Crippen LogP contribution in [-0.2, 0) is 9.53 Å². The first-order valence-electron chi connectivity index (χ1n) is 10.9. The van der Waals surface area contributed by atoms with Gasteiger partial charge in [-0.1, -0.05) is 25.3 Å². The number of carbonyl (C=O) groups is 2. The first-order valence-corrected chi connectivity index (χ1v) is 10.9. The van der Waals surface area contributed by atoms with Crippen molar-refractivity contribution in [3.05, 3.63) is 30.1 Å². The summed E-state index contributed by atoms with van der Waals surface area (Å²) >= 11 is 0. The fourth-order valence-electron chi connectivity index (χ4n) is 4.28. The van der Waals surface area contributed by atoms with E-state index in [9.17, 15) is 19.1 Å². The van der Waals surface area contributed by atoms with Crippen LogP contribution in [0.4, 0.5) is 14.9 Å². The summed E-state index contributed by atoms with van der Waals surface area (Å²) in [7, 11) is 0. The highest BCUT2D eigenvalue weighted by molar-refractivity contribution is 5.89. The highest BCUT2D eigenvalue weighted by atomic mass is 19.1. The summed E-state index contributed by atoms with van der Waals surface area (Å²) in [6.45, 7) is 0.463. The number of hydrogen-bond donors (Lipinski definition) is 4. The lowest BCUT2D eigenvalue weighted by atomic mass is 9.89. The first kappa shape index (κ1) is 22.5. The molecular formula is C22H32FN3O4. The van der Waals surface area contributed by atoms with Gasteiger partial charge in [-0.15, -0.1) is 0 Å². The quantitative estimate of drug-likeness (QED) is 0.544. The SMILES string of the molecule is O=C(C[C@H]1CC[C@H](NC(=O)Nc2cccc(F)c2)[C@@H](CO)O1)NCC1CCCCC1. The maximum atomic E-state index is 13.2. The Kier molecular flexibility index (Phi) is 8.45. The number of nitrogens with one attached hydrogen (secondary N) is 3. The molecule has 3 amide bonds. The Morgan fingerprint density at radius 3 is 2.67 bits per heavy atom. The molecule has 0 aromatic heterocycles. The molecule has 3 rings (SSSR count). The summed E-state index contributed by atoms with van der Waals surface area (Å²) in [6.07, 6.45) is 6.71. The van der Waals surface area contributed by atoms with Crippen LogP contribution in [0.25, 0.3) is 0 Å². The van der Waals surface area contributed by atoms with Gasteiger partial charge in [0.25, 0.3) is 0 Å². The normalized spacial score (nSPS) is 24.8. The Hall–Kier alpha value is -2.19. The summed E-state index contributed by atoms with van der Waals surface area (Å²) in [5.41, 5.74) is 0.345. The number of rotatable bonds is 7. The maximum Gasteiger partial charge on any atom is 0.319 e. The van der Waals surface area contributed by atoms with Gasteiger partial charge in [-0.05, 0) is 49.8 Å². The third kappa shape index (κ3) is 6.95. The van der Waals surface area contributed by atoms with E-state index in [0.717, 1.165) is 6.54 Å². The molecule has 1 saturated heterocycles. The molecule has 4 N–H and O–H groups in total. The Balaban J connectivity index is 1.41. The van der Waals surface area contributed by atoms with Gasteiger partial charge < -0.3 is 25.8 Å². The molecule has 1 heterocycles. The molecule has 30 heavy (non-hydrogen) atoms. The summed E-state index contributed by atoms with van der Waals surface area (Å²) in [4.78, 5) is 24.5. The molecule has 8 heteroatoms. The molecular weight excluding hydrogens is 389 g/mol. The van der Waals surface area contributed by atoms with Crippen LogP contribution in [0.2, 0.25) is 0 Å². The number of aliphatic hydroxyl groups is 1. The van der Waals surface area contributed by atoms with Crippen LogP contribution in [0.3, 0.4) is 0 Å². The summed E-state index contributed by atoms with van der Waals surface area (Å²) in [5, 5.41) is 18.0. The topological polar surface area (TPSA) is 99.7 Å². The molecule has 1 aromatic carbocycles. The summed E-state index contributed by atoms with van der Waals surface area (Å²) < 4.78 is 19.1. The lowest BCUT2D eigenvalue weighted by molar-refractivity contribution is -0.131. The number of aliphatic hydroxyl groups excluding tert-OH is 1. The molecule has 0 spiro atoms. The van der Waals surface area contributed by atoms with E-state index in [2.05, 4.69) is 16.0 Å². The average Bonchev–Trinajstić information content (AvgIpc) is 2.74. The Bertz CT molecular complexity index is 711. The van der Waals surface area contributed by atoms with E-state index in [1.165, 1.54) is 50.3 Å². The van der Waals surface area contributed by atoms with Gasteiger partial charge in [-0.25, -0.2) is 9.18 Å². The smallest absolute Gasteiger partial charge is 0.319 e. The van der Waals surface area contributed by atoms with E-state index in [-0.39, 0.29) is 31.1 Å². The van der Waals surface area contributed by atoms with E-state index in [4.69, 9.17) is 4.74 Å². The van der Waals surface area contributed by atoms with Gasteiger partial charge in [0.1, 0.15) is 11.9 Å². The van der Waals surface area contributed by atoms with Gasteiger partial charge in [0.2, 0.25) is 5.91 Å². The zero-order valence-corrected chi connectivity index (χ0v) is 17.2. The van der Waals surface area contributed by atoms with E-state index in [1.54, 1.807) is 6.07 Å². The van der Waals surface area contributed by atoms with E-state index in [0.29, 0.717) is 24.4 Å². The first-order chi connectivity index (χ1) is 14.5. The predicted molar refractivity (Wildman–Crippen MR) is 112 cm³/mol. The zero-order valence-electron chi connectivity index (χ0n) is 17.2. The van der Waals surface area contributed by atoms with Crippen molar-refractivity contribution < 1.29 is 23.8 Å². The molecule has 2 aliphatic rings. The van der Waals surface area contributed by atoms with Crippen molar-refractivity contribution in [3.8, 4) is 0 Å². The monoisotopic (exact) mass is 421 g/mol. The average molecular weight is 422 g/mol. The number of carbonyl (C=O) groups excluding carboxylic acids is 2. The third-order valence-corrected chi connectivity index (χ3v) is 5.92. The summed E-state index contributed by atoms with van der Waals surface area (Å²) in [5.74, 6) is 0.106. The number of benzene rings is 1. The van der Waals surface area contributed by atoms with E-state index in [1.807, 2.05) is 0 Å². The van der Waals surface area contributed by atoms with Gasteiger partial charge in [0.15, 0.2) is 0 Å². The predicted octanol–water partition coefficient (Wildman–Crippen LogP) is 2.94. The van der Waals surface area contributed by atoms with Crippen LogP contribution in [0.5, 0.6) is 0 Å². The van der Waals surface area contributed by atoms with E-state index < -0.39 is 18.0 Å². The third-order valence-electron chi connectivity index (χ3n) is 5.92. The number of anilines is 1. The highest BCUT2D eigenvalue weighted by Gasteiger charge is 2.33. The fraction of sp³-hybridized carbons (Fsp3) is 0.636. The number of ether oxygens (including phenoxy) is 1. The van der Waals surface area contributed by atoms with Gasteiger partial charge in [-0.2, -0.15) is 0 Å². The lowest BCUT2D eigenvalue weighted by Crippen LogP contribution is -2.52. The minimum atomic E-state index is -0.590. The van der Waals surface area contributed by atoms with Gasteiger partial charge in [0.05, 0.1) is 25.2 Å². The van der Waals surface area contributed by atoms with Crippen molar-refractivity contribution in [2.75, 3.05) is 18.5 Å². The number of amides is 3. The minimum absolute atomic E-state index is 0.0301. The second-order valence-electron chi connectivity index (χ2n) is 8.28. The van der Waals surface area contributed by atoms with Crippen LogP contribution in [0.15, 0.2) is 24.3 Å². The fourth-order valence-corrected chi connectivity index (χ4v) is 4.28. The van der Waals surface area contributed by atoms with Crippen molar-refractivity contribution in [1.29, 1.82) is 0 Å². The molecule has 1 aromatic rings. The van der Waals surface area contributed by atoms with Crippen LogP contribution in [0.1, 0.15) is 51.4 Å². The van der Waals surface area contributed by atoms with Crippen molar-refractivity contribution in [2.24, 2.45) is 5.92 Å². The molecule has 1 saturated carbocycles. The van der Waals surface area contributed by atoms with Crippen molar-refractivity contribution in [3.63, 3.8) is 0 Å². The Morgan fingerprint density at radius 2 is 1.93 bits per heavy atom. The number of hydrogen-bond acceptors (Lipinski definition) is 4. The second kappa shape index (κ2) is 11.3. The zero-order chi connectivity index (χ0) is 21.3. The molecule has 7 nitrogen and oxygen atoms in total. The van der Waals surface area contributed by atoms with Crippen molar-refractivity contribution in [1.82, 2.24) is 10.6 Å². The Morgan fingerprint density at radius 1 is 1.13 bits per heavy atom. The largest absolute Gasteiger partial charge is 0.394 e. The summed E-state index contributed by atoms with van der Waals surface area (Å²) in [6, 6.07) is 4.75. The molecule has 0 unspecified atom stereocenters. The minimum Gasteiger partial charge on any atom is -0.394 e.